The molecule has 0 aliphatic heterocycles. The number of benzene rings is 1. The molecule has 2 bridgehead atoms. The maximum Gasteiger partial charge on any atom is 0.162 e. The molecule has 18 heavy (non-hydrogen) atoms. The van der Waals surface area contributed by atoms with Gasteiger partial charge in [-0.1, -0.05) is 6.42 Å². The molecule has 3 heteroatoms. The molecule has 2 saturated carbocycles. The molecule has 0 heterocycles. The lowest BCUT2D eigenvalue weighted by Gasteiger charge is -2.24. The number of hydrogen-bond donors (Lipinski definition) is 1. The van der Waals surface area contributed by atoms with Crippen LogP contribution in [0, 0.1) is 11.8 Å². The maximum absolute atomic E-state index is 5.34. The minimum Gasteiger partial charge on any atom is -0.493 e. The molecule has 3 atom stereocenters. The first-order valence-electron chi connectivity index (χ1n) is 6.78. The van der Waals surface area contributed by atoms with Crippen LogP contribution in [0.15, 0.2) is 18.2 Å². The molecule has 98 valence electrons. The van der Waals surface area contributed by atoms with Crippen molar-refractivity contribution < 1.29 is 9.47 Å². The first-order chi connectivity index (χ1) is 8.80. The van der Waals surface area contributed by atoms with Gasteiger partial charge >= 0.3 is 0 Å². The lowest BCUT2D eigenvalue weighted by atomic mass is 9.95. The predicted octanol–water partition coefficient (Wildman–Crippen LogP) is 3.30. The van der Waals surface area contributed by atoms with Crippen molar-refractivity contribution in [3.63, 3.8) is 0 Å². The summed E-state index contributed by atoms with van der Waals surface area (Å²) in [4.78, 5) is 0. The summed E-state index contributed by atoms with van der Waals surface area (Å²) in [5.41, 5.74) is 1.14. The van der Waals surface area contributed by atoms with E-state index in [0.717, 1.165) is 29.0 Å². The summed E-state index contributed by atoms with van der Waals surface area (Å²) < 4.78 is 10.6. The molecule has 3 rings (SSSR count). The fourth-order valence-electron chi connectivity index (χ4n) is 3.56. The SMILES string of the molecule is COc1ccc(NC2CC3CCC2C3)cc1OC. The molecule has 0 spiro atoms. The molecule has 2 aliphatic rings. The van der Waals surface area contributed by atoms with E-state index in [1.807, 2.05) is 12.1 Å². The normalized spacial score (nSPS) is 29.3. The lowest BCUT2D eigenvalue weighted by Crippen LogP contribution is -2.25. The summed E-state index contributed by atoms with van der Waals surface area (Å²) in [6.45, 7) is 0. The highest BCUT2D eigenvalue weighted by molar-refractivity contribution is 5.55. The van der Waals surface area contributed by atoms with Crippen LogP contribution in [0.4, 0.5) is 5.69 Å². The third-order valence-electron chi connectivity index (χ3n) is 4.47. The summed E-state index contributed by atoms with van der Waals surface area (Å²) >= 11 is 0. The average molecular weight is 247 g/mol. The van der Waals surface area contributed by atoms with E-state index in [0.29, 0.717) is 6.04 Å². The third kappa shape index (κ3) is 2.02. The van der Waals surface area contributed by atoms with Crippen molar-refractivity contribution in [1.29, 1.82) is 0 Å². The van der Waals surface area contributed by atoms with Crippen LogP contribution < -0.4 is 14.8 Å². The molecule has 1 aromatic carbocycles. The topological polar surface area (TPSA) is 30.5 Å². The van der Waals surface area contributed by atoms with Crippen LogP contribution in [0.2, 0.25) is 0 Å². The summed E-state index contributed by atoms with van der Waals surface area (Å²) in [7, 11) is 3.35. The number of fused-ring (bicyclic) bond motifs is 2. The van der Waals surface area contributed by atoms with Crippen LogP contribution in [-0.4, -0.2) is 20.3 Å². The van der Waals surface area contributed by atoms with Crippen molar-refractivity contribution in [3.05, 3.63) is 18.2 Å². The summed E-state index contributed by atoms with van der Waals surface area (Å²) in [5, 5.41) is 3.66. The average Bonchev–Trinajstić information content (AvgIpc) is 3.01. The number of nitrogens with one attached hydrogen (secondary N) is 1. The Hall–Kier alpha value is -1.38. The Bertz CT molecular complexity index is 433. The quantitative estimate of drug-likeness (QED) is 0.885. The van der Waals surface area contributed by atoms with Gasteiger partial charge < -0.3 is 14.8 Å². The molecule has 0 amide bonds. The Morgan fingerprint density at radius 2 is 1.89 bits per heavy atom. The highest BCUT2D eigenvalue weighted by Gasteiger charge is 2.39. The zero-order valence-electron chi connectivity index (χ0n) is 11.1. The van der Waals surface area contributed by atoms with Gasteiger partial charge in [0.05, 0.1) is 14.2 Å². The van der Waals surface area contributed by atoms with Gasteiger partial charge in [-0.05, 0) is 43.2 Å². The highest BCUT2D eigenvalue weighted by Crippen LogP contribution is 2.45. The van der Waals surface area contributed by atoms with Crippen molar-refractivity contribution >= 4 is 5.69 Å². The first kappa shape index (κ1) is 11.7. The fraction of sp³-hybridized carbons (Fsp3) is 0.600. The van der Waals surface area contributed by atoms with Crippen LogP contribution in [0.3, 0.4) is 0 Å². The van der Waals surface area contributed by atoms with Gasteiger partial charge in [0.25, 0.3) is 0 Å². The largest absolute Gasteiger partial charge is 0.493 e. The van der Waals surface area contributed by atoms with Crippen molar-refractivity contribution in [1.82, 2.24) is 0 Å². The van der Waals surface area contributed by atoms with Gasteiger partial charge in [0.1, 0.15) is 0 Å². The van der Waals surface area contributed by atoms with Crippen LogP contribution >= 0.6 is 0 Å². The van der Waals surface area contributed by atoms with Gasteiger partial charge in [-0.2, -0.15) is 0 Å². The number of hydrogen-bond acceptors (Lipinski definition) is 3. The van der Waals surface area contributed by atoms with Gasteiger partial charge in [-0.3, -0.25) is 0 Å². The molecular formula is C15H21NO2. The lowest BCUT2D eigenvalue weighted by molar-refractivity contribution is 0.355. The second-order valence-corrected chi connectivity index (χ2v) is 5.50. The van der Waals surface area contributed by atoms with Gasteiger partial charge in [-0.15, -0.1) is 0 Å². The van der Waals surface area contributed by atoms with E-state index >= 15 is 0 Å². The Kier molecular flexibility index (Phi) is 3.06. The minimum absolute atomic E-state index is 0.654. The zero-order valence-corrected chi connectivity index (χ0v) is 11.1. The van der Waals surface area contributed by atoms with E-state index in [4.69, 9.17) is 9.47 Å². The van der Waals surface area contributed by atoms with Gasteiger partial charge in [0, 0.05) is 17.8 Å². The highest BCUT2D eigenvalue weighted by atomic mass is 16.5. The van der Waals surface area contributed by atoms with Gasteiger partial charge in [-0.25, -0.2) is 0 Å². The van der Waals surface area contributed by atoms with Crippen LogP contribution in [0.1, 0.15) is 25.7 Å². The summed E-state index contributed by atoms with van der Waals surface area (Å²) in [6, 6.07) is 6.73. The molecule has 2 aliphatic carbocycles. The Morgan fingerprint density at radius 3 is 2.50 bits per heavy atom. The van der Waals surface area contributed by atoms with E-state index < -0.39 is 0 Å². The van der Waals surface area contributed by atoms with E-state index in [1.54, 1.807) is 14.2 Å². The van der Waals surface area contributed by atoms with Gasteiger partial charge in [0.2, 0.25) is 0 Å². The van der Waals surface area contributed by atoms with E-state index in [2.05, 4.69) is 11.4 Å². The van der Waals surface area contributed by atoms with E-state index in [-0.39, 0.29) is 0 Å². The molecule has 0 aromatic heterocycles. The number of methoxy groups -OCH3 is 2. The Labute approximate surface area is 108 Å². The minimum atomic E-state index is 0.654. The van der Waals surface area contributed by atoms with Crippen molar-refractivity contribution in [3.8, 4) is 11.5 Å². The summed E-state index contributed by atoms with van der Waals surface area (Å²) in [6.07, 6.45) is 5.59. The number of rotatable bonds is 4. The number of anilines is 1. The first-order valence-corrected chi connectivity index (χ1v) is 6.78. The monoisotopic (exact) mass is 247 g/mol. The van der Waals surface area contributed by atoms with E-state index in [1.165, 1.54) is 25.7 Å². The molecule has 3 nitrogen and oxygen atoms in total. The van der Waals surface area contributed by atoms with Crippen LogP contribution in [0.5, 0.6) is 11.5 Å². The second kappa shape index (κ2) is 4.71. The maximum atomic E-state index is 5.34. The predicted molar refractivity (Wildman–Crippen MR) is 72.4 cm³/mol. The standard InChI is InChI=1S/C15H21NO2/c1-17-14-6-5-12(9-15(14)18-2)16-13-8-10-3-4-11(13)7-10/h5-6,9-11,13,16H,3-4,7-8H2,1-2H3. The third-order valence-corrected chi connectivity index (χ3v) is 4.47. The van der Waals surface area contributed by atoms with Crippen molar-refractivity contribution in [2.75, 3.05) is 19.5 Å². The molecule has 0 radical (unpaired) electrons. The number of ether oxygens (including phenoxy) is 2. The fourth-order valence-corrected chi connectivity index (χ4v) is 3.56. The molecule has 2 fully saturated rings. The molecule has 1 N–H and O–H groups in total. The van der Waals surface area contributed by atoms with Gasteiger partial charge in [0.15, 0.2) is 11.5 Å². The smallest absolute Gasteiger partial charge is 0.162 e. The van der Waals surface area contributed by atoms with Crippen molar-refractivity contribution in [2.24, 2.45) is 11.8 Å². The summed E-state index contributed by atoms with van der Waals surface area (Å²) in [5.74, 6) is 3.43. The molecule has 0 saturated heterocycles. The van der Waals surface area contributed by atoms with Crippen molar-refractivity contribution in [2.45, 2.75) is 31.7 Å². The van der Waals surface area contributed by atoms with Crippen LogP contribution in [-0.2, 0) is 0 Å². The molecular weight excluding hydrogens is 226 g/mol. The zero-order chi connectivity index (χ0) is 12.5. The Morgan fingerprint density at radius 1 is 1.06 bits per heavy atom. The Balaban J connectivity index is 1.73. The van der Waals surface area contributed by atoms with Crippen LogP contribution in [0.25, 0.3) is 0 Å². The second-order valence-electron chi connectivity index (χ2n) is 5.50. The molecule has 1 aromatic rings. The van der Waals surface area contributed by atoms with E-state index in [9.17, 15) is 0 Å². The molecule has 3 unspecified atom stereocenters.